The van der Waals surface area contributed by atoms with Crippen molar-refractivity contribution < 1.29 is 0 Å². The summed E-state index contributed by atoms with van der Waals surface area (Å²) in [4.78, 5) is 9.79. The van der Waals surface area contributed by atoms with Crippen LogP contribution in [0.3, 0.4) is 0 Å². The Morgan fingerprint density at radius 2 is 0.796 bits per heavy atom. The SMILES string of the molecule is c1ccc2sc(-c3ccc(-c4cc(-c5ccc(-c6nc7ccccc7s6)cc5)cc(-c5cccc6c5sc5ccccc56)c4)cc3)nc2c1. The van der Waals surface area contributed by atoms with Crippen LogP contribution in [0.5, 0.6) is 0 Å². The van der Waals surface area contributed by atoms with Gasteiger partial charge in [0.1, 0.15) is 10.0 Å². The lowest BCUT2D eigenvalue weighted by molar-refractivity contribution is 1.47. The fourth-order valence-corrected chi connectivity index (χ4v) is 9.87. The van der Waals surface area contributed by atoms with Crippen molar-refractivity contribution >= 4 is 74.6 Å². The molecule has 0 fully saturated rings. The third-order valence-corrected chi connectivity index (χ3v) is 12.6. The summed E-state index contributed by atoms with van der Waals surface area (Å²) in [5.74, 6) is 0. The molecule has 2 nitrogen and oxygen atoms in total. The van der Waals surface area contributed by atoms with Crippen LogP contribution in [-0.2, 0) is 0 Å². The van der Waals surface area contributed by atoms with E-state index in [1.54, 1.807) is 22.7 Å². The molecule has 0 spiro atoms. The fourth-order valence-electron chi connectivity index (χ4n) is 6.69. The van der Waals surface area contributed by atoms with E-state index in [1.807, 2.05) is 23.5 Å². The molecule has 7 aromatic carbocycles. The lowest BCUT2D eigenvalue weighted by atomic mass is 9.92. The molecule has 0 amide bonds. The van der Waals surface area contributed by atoms with Gasteiger partial charge in [-0.05, 0) is 81.9 Å². The normalized spacial score (nSPS) is 11.7. The standard InChI is InChI=1S/C44H26N2S3/c1-4-13-39-35(8-1)36-10-7-9-34(42(36)47-39)33-25-31(27-16-20-29(21-17-27)43-45-37-11-2-5-14-40(37)48-43)24-32(26-33)28-18-22-30(23-19-28)44-46-38-12-3-6-15-41(38)49-44/h1-26H. The average Bonchev–Trinajstić information content (AvgIpc) is 3.90. The summed E-state index contributed by atoms with van der Waals surface area (Å²) in [6.07, 6.45) is 0. The number of thiophene rings is 1. The van der Waals surface area contributed by atoms with E-state index in [0.29, 0.717) is 0 Å². The van der Waals surface area contributed by atoms with E-state index in [0.717, 1.165) is 32.2 Å². The highest BCUT2D eigenvalue weighted by molar-refractivity contribution is 7.26. The number of hydrogen-bond acceptors (Lipinski definition) is 5. The number of hydrogen-bond donors (Lipinski definition) is 0. The molecule has 0 aliphatic rings. The summed E-state index contributed by atoms with van der Waals surface area (Å²) in [7, 11) is 0. The summed E-state index contributed by atoms with van der Waals surface area (Å²) < 4.78 is 5.06. The second-order valence-electron chi connectivity index (χ2n) is 12.2. The van der Waals surface area contributed by atoms with Gasteiger partial charge in [0.2, 0.25) is 0 Å². The van der Waals surface area contributed by atoms with Crippen LogP contribution < -0.4 is 0 Å². The Bertz CT molecular complexity index is 2620. The van der Waals surface area contributed by atoms with Crippen LogP contribution in [0.25, 0.3) is 95.1 Å². The molecular weight excluding hydrogens is 653 g/mol. The highest BCUT2D eigenvalue weighted by Crippen LogP contribution is 2.42. The lowest BCUT2D eigenvalue weighted by Gasteiger charge is -2.13. The predicted octanol–water partition coefficient (Wildman–Crippen LogP) is 13.6. The summed E-state index contributed by atoms with van der Waals surface area (Å²) in [6.45, 7) is 0. The van der Waals surface area contributed by atoms with Crippen molar-refractivity contribution in [1.29, 1.82) is 0 Å². The van der Waals surface area contributed by atoms with Gasteiger partial charge in [0.05, 0.1) is 20.4 Å². The topological polar surface area (TPSA) is 25.8 Å². The number of thiazole rings is 2. The van der Waals surface area contributed by atoms with Crippen molar-refractivity contribution in [3.05, 3.63) is 158 Å². The second kappa shape index (κ2) is 11.6. The third-order valence-electron chi connectivity index (χ3n) is 9.17. The smallest absolute Gasteiger partial charge is 0.124 e. The Hall–Kier alpha value is -5.46. The third kappa shape index (κ3) is 5.06. The summed E-state index contributed by atoms with van der Waals surface area (Å²) in [5.41, 5.74) is 11.6. The first-order chi connectivity index (χ1) is 24.2. The van der Waals surface area contributed by atoms with Gasteiger partial charge in [-0.25, -0.2) is 9.97 Å². The van der Waals surface area contributed by atoms with Gasteiger partial charge in [-0.2, -0.15) is 0 Å². The van der Waals surface area contributed by atoms with Gasteiger partial charge in [-0.15, -0.1) is 34.0 Å². The molecule has 0 atom stereocenters. The Morgan fingerprint density at radius 1 is 0.327 bits per heavy atom. The van der Waals surface area contributed by atoms with Crippen LogP contribution in [-0.4, -0.2) is 9.97 Å². The maximum atomic E-state index is 4.90. The highest BCUT2D eigenvalue weighted by atomic mass is 32.1. The molecule has 10 rings (SSSR count). The molecule has 3 heterocycles. The molecular formula is C44H26N2S3. The highest BCUT2D eigenvalue weighted by Gasteiger charge is 2.14. The monoisotopic (exact) mass is 678 g/mol. The van der Waals surface area contributed by atoms with Gasteiger partial charge in [-0.3, -0.25) is 0 Å². The van der Waals surface area contributed by atoms with Gasteiger partial charge < -0.3 is 0 Å². The molecule has 0 saturated heterocycles. The minimum absolute atomic E-state index is 1.05. The largest absolute Gasteiger partial charge is 0.236 e. The number of benzene rings is 7. The molecule has 3 aromatic heterocycles. The summed E-state index contributed by atoms with van der Waals surface area (Å²) in [5, 5.41) is 4.72. The number of nitrogens with zero attached hydrogens (tertiary/aromatic N) is 2. The van der Waals surface area contributed by atoms with E-state index in [9.17, 15) is 0 Å². The zero-order valence-electron chi connectivity index (χ0n) is 26.1. The molecule has 0 unspecified atom stereocenters. The Morgan fingerprint density at radius 3 is 1.37 bits per heavy atom. The summed E-state index contributed by atoms with van der Waals surface area (Å²) in [6, 6.07) is 57.0. The summed E-state index contributed by atoms with van der Waals surface area (Å²) >= 11 is 5.36. The number of rotatable bonds is 5. The molecule has 0 aliphatic heterocycles. The minimum atomic E-state index is 1.05. The zero-order valence-corrected chi connectivity index (χ0v) is 28.6. The lowest BCUT2D eigenvalue weighted by Crippen LogP contribution is -1.87. The maximum absolute atomic E-state index is 4.90. The van der Waals surface area contributed by atoms with Crippen LogP contribution in [0, 0.1) is 0 Å². The first-order valence-electron chi connectivity index (χ1n) is 16.2. The predicted molar refractivity (Wildman–Crippen MR) is 213 cm³/mol. The average molecular weight is 679 g/mol. The van der Waals surface area contributed by atoms with Gasteiger partial charge >= 0.3 is 0 Å². The molecule has 230 valence electrons. The van der Waals surface area contributed by atoms with E-state index >= 15 is 0 Å². The van der Waals surface area contributed by atoms with Crippen LogP contribution in [0.1, 0.15) is 0 Å². The first kappa shape index (κ1) is 28.5. The van der Waals surface area contributed by atoms with Crippen LogP contribution in [0.15, 0.2) is 158 Å². The van der Waals surface area contributed by atoms with Gasteiger partial charge in [0, 0.05) is 31.3 Å². The quantitative estimate of drug-likeness (QED) is 0.181. The number of para-hydroxylation sites is 2. The van der Waals surface area contributed by atoms with E-state index in [-0.39, 0.29) is 0 Å². The maximum Gasteiger partial charge on any atom is 0.124 e. The van der Waals surface area contributed by atoms with E-state index in [2.05, 4.69) is 146 Å². The molecule has 0 saturated carbocycles. The molecule has 10 aromatic rings. The van der Waals surface area contributed by atoms with Gasteiger partial charge in [0.15, 0.2) is 0 Å². The van der Waals surface area contributed by atoms with Crippen molar-refractivity contribution in [3.8, 4) is 54.5 Å². The number of aromatic nitrogens is 2. The Kier molecular flexibility index (Phi) is 6.76. The minimum Gasteiger partial charge on any atom is -0.236 e. The molecule has 0 aliphatic carbocycles. The van der Waals surface area contributed by atoms with E-state index in [4.69, 9.17) is 9.97 Å². The molecule has 5 heteroatoms. The van der Waals surface area contributed by atoms with Gasteiger partial charge in [0.25, 0.3) is 0 Å². The molecule has 0 N–H and O–H groups in total. The van der Waals surface area contributed by atoms with E-state index < -0.39 is 0 Å². The van der Waals surface area contributed by atoms with Crippen molar-refractivity contribution in [2.24, 2.45) is 0 Å². The van der Waals surface area contributed by atoms with E-state index in [1.165, 1.54) is 63.0 Å². The van der Waals surface area contributed by atoms with Crippen molar-refractivity contribution in [1.82, 2.24) is 9.97 Å². The van der Waals surface area contributed by atoms with Crippen LogP contribution >= 0.6 is 34.0 Å². The second-order valence-corrected chi connectivity index (χ2v) is 15.3. The van der Waals surface area contributed by atoms with Crippen molar-refractivity contribution in [3.63, 3.8) is 0 Å². The first-order valence-corrected chi connectivity index (χ1v) is 18.7. The Balaban J connectivity index is 1.09. The zero-order chi connectivity index (χ0) is 32.3. The van der Waals surface area contributed by atoms with Crippen LogP contribution in [0.4, 0.5) is 0 Å². The van der Waals surface area contributed by atoms with Gasteiger partial charge in [-0.1, -0.05) is 109 Å². The van der Waals surface area contributed by atoms with Crippen molar-refractivity contribution in [2.45, 2.75) is 0 Å². The number of fused-ring (bicyclic) bond motifs is 5. The Labute approximate surface area is 295 Å². The van der Waals surface area contributed by atoms with Crippen molar-refractivity contribution in [2.75, 3.05) is 0 Å². The molecule has 0 radical (unpaired) electrons. The van der Waals surface area contributed by atoms with Crippen LogP contribution in [0.2, 0.25) is 0 Å². The molecule has 49 heavy (non-hydrogen) atoms. The fraction of sp³-hybridized carbons (Fsp3) is 0. The molecule has 0 bridgehead atoms.